The Balaban J connectivity index is 1.75. The minimum atomic E-state index is -0.519. The Bertz CT molecular complexity index is 724. The van der Waals surface area contributed by atoms with Gasteiger partial charge in [-0.05, 0) is 11.1 Å². The zero-order chi connectivity index (χ0) is 19.8. The summed E-state index contributed by atoms with van der Waals surface area (Å²) in [6.07, 6.45) is -1.48. The molecule has 4 atom stereocenters. The number of hydrogen-bond acceptors (Lipinski definition) is 5. The van der Waals surface area contributed by atoms with E-state index in [0.717, 1.165) is 11.1 Å². The Morgan fingerprint density at radius 2 is 1.54 bits per heavy atom. The average molecular weight is 385 g/mol. The smallest absolute Gasteiger partial charge is 0.217 e. The number of nitrogens with one attached hydrogen (secondary N) is 1. The van der Waals surface area contributed by atoms with Gasteiger partial charge in [-0.15, -0.1) is 0 Å². The number of aliphatic hydroxyl groups excluding tert-OH is 1. The molecule has 1 fully saturated rings. The van der Waals surface area contributed by atoms with Crippen LogP contribution in [-0.4, -0.2) is 48.6 Å². The molecule has 6 heteroatoms. The molecule has 2 aromatic carbocycles. The van der Waals surface area contributed by atoms with E-state index in [-0.39, 0.29) is 25.2 Å². The first-order chi connectivity index (χ1) is 13.7. The minimum absolute atomic E-state index is 0.161. The third kappa shape index (κ3) is 5.62. The van der Waals surface area contributed by atoms with Crippen LogP contribution in [0.25, 0.3) is 0 Å². The normalized spacial score (nSPS) is 24.6. The van der Waals surface area contributed by atoms with E-state index in [1.807, 2.05) is 60.7 Å². The van der Waals surface area contributed by atoms with Crippen LogP contribution in [0.15, 0.2) is 60.7 Å². The maximum Gasteiger partial charge on any atom is 0.217 e. The van der Waals surface area contributed by atoms with Crippen LogP contribution in [-0.2, 0) is 32.2 Å². The van der Waals surface area contributed by atoms with Gasteiger partial charge in [-0.3, -0.25) is 4.79 Å². The number of rotatable bonds is 8. The number of amides is 1. The number of ether oxygens (including phenoxy) is 3. The van der Waals surface area contributed by atoms with Gasteiger partial charge in [-0.1, -0.05) is 60.7 Å². The van der Waals surface area contributed by atoms with Gasteiger partial charge in [0.15, 0.2) is 0 Å². The molecule has 1 saturated heterocycles. The lowest BCUT2D eigenvalue weighted by molar-refractivity contribution is -0.204. The van der Waals surface area contributed by atoms with Crippen LogP contribution in [0.3, 0.4) is 0 Å². The quantitative estimate of drug-likeness (QED) is 0.727. The van der Waals surface area contributed by atoms with Crippen molar-refractivity contribution in [3.63, 3.8) is 0 Å². The van der Waals surface area contributed by atoms with E-state index in [0.29, 0.717) is 13.2 Å². The van der Waals surface area contributed by atoms with E-state index in [2.05, 4.69) is 5.32 Å². The highest BCUT2D eigenvalue weighted by atomic mass is 16.6. The lowest BCUT2D eigenvalue weighted by atomic mass is 9.97. The molecule has 28 heavy (non-hydrogen) atoms. The van der Waals surface area contributed by atoms with Gasteiger partial charge >= 0.3 is 0 Å². The standard InChI is InChI=1S/C22H27NO5/c1-16(25)23-19-15-26-20(12-24)22(28-14-18-10-6-3-7-11-18)21(19)27-13-17-8-4-2-5-9-17/h2-11,19-22,24H,12-15H2,1H3,(H,23,25)/t19?,20?,21-,22+/m1/s1. The molecule has 0 aliphatic carbocycles. The van der Waals surface area contributed by atoms with Crippen LogP contribution in [0.1, 0.15) is 18.1 Å². The molecule has 1 amide bonds. The fourth-order valence-corrected chi connectivity index (χ4v) is 3.35. The first-order valence-electron chi connectivity index (χ1n) is 9.48. The van der Waals surface area contributed by atoms with Gasteiger partial charge < -0.3 is 24.6 Å². The second-order valence-electron chi connectivity index (χ2n) is 6.88. The Hall–Kier alpha value is -2.25. The largest absolute Gasteiger partial charge is 0.394 e. The zero-order valence-corrected chi connectivity index (χ0v) is 16.0. The molecule has 2 N–H and O–H groups in total. The van der Waals surface area contributed by atoms with E-state index in [1.165, 1.54) is 6.92 Å². The molecule has 2 aromatic rings. The molecule has 0 spiro atoms. The summed E-state index contributed by atoms with van der Waals surface area (Å²) in [5, 5.41) is 12.7. The highest BCUT2D eigenvalue weighted by Gasteiger charge is 2.42. The topological polar surface area (TPSA) is 77.0 Å². The first-order valence-corrected chi connectivity index (χ1v) is 9.48. The van der Waals surface area contributed by atoms with Crippen molar-refractivity contribution in [3.8, 4) is 0 Å². The van der Waals surface area contributed by atoms with Gasteiger partial charge in [-0.2, -0.15) is 0 Å². The molecular weight excluding hydrogens is 358 g/mol. The Labute approximate surface area is 165 Å². The number of hydrogen-bond donors (Lipinski definition) is 2. The summed E-state index contributed by atoms with van der Waals surface area (Å²) in [5.41, 5.74) is 2.04. The highest BCUT2D eigenvalue weighted by molar-refractivity contribution is 5.73. The summed E-state index contributed by atoms with van der Waals surface area (Å²) in [6.45, 7) is 2.29. The first kappa shape index (κ1) is 20.5. The lowest BCUT2D eigenvalue weighted by Crippen LogP contribution is -2.61. The van der Waals surface area contributed by atoms with Crippen molar-refractivity contribution in [1.29, 1.82) is 0 Å². The number of carbonyl (C=O) groups excluding carboxylic acids is 1. The third-order valence-electron chi connectivity index (χ3n) is 4.72. The Morgan fingerprint density at radius 3 is 2.04 bits per heavy atom. The van der Waals surface area contributed by atoms with Crippen molar-refractivity contribution in [3.05, 3.63) is 71.8 Å². The van der Waals surface area contributed by atoms with Crippen molar-refractivity contribution < 1.29 is 24.1 Å². The summed E-state index contributed by atoms with van der Waals surface area (Å²) in [5.74, 6) is -0.161. The molecule has 6 nitrogen and oxygen atoms in total. The number of carbonyl (C=O) groups is 1. The van der Waals surface area contributed by atoms with E-state index in [1.54, 1.807) is 0 Å². The molecule has 150 valence electrons. The van der Waals surface area contributed by atoms with Gasteiger partial charge in [0.05, 0.1) is 32.5 Å². The molecule has 1 aliphatic rings. The van der Waals surface area contributed by atoms with E-state index >= 15 is 0 Å². The van der Waals surface area contributed by atoms with Gasteiger partial charge in [0.25, 0.3) is 0 Å². The number of aliphatic hydroxyl groups is 1. The Kier molecular flexibility index (Phi) is 7.56. The fourth-order valence-electron chi connectivity index (χ4n) is 3.35. The van der Waals surface area contributed by atoms with Crippen LogP contribution in [0.2, 0.25) is 0 Å². The zero-order valence-electron chi connectivity index (χ0n) is 16.0. The summed E-state index contributed by atoms with van der Waals surface area (Å²) < 4.78 is 18.1. The summed E-state index contributed by atoms with van der Waals surface area (Å²) in [6, 6.07) is 19.3. The summed E-state index contributed by atoms with van der Waals surface area (Å²) >= 11 is 0. The van der Waals surface area contributed by atoms with Crippen molar-refractivity contribution in [1.82, 2.24) is 5.32 Å². The molecule has 0 saturated carbocycles. The summed E-state index contributed by atoms with van der Waals surface area (Å²) in [4.78, 5) is 11.7. The highest BCUT2D eigenvalue weighted by Crippen LogP contribution is 2.24. The molecular formula is C22H27NO5. The van der Waals surface area contributed by atoms with E-state index in [4.69, 9.17) is 14.2 Å². The van der Waals surface area contributed by atoms with Crippen molar-refractivity contribution in [2.45, 2.75) is 44.5 Å². The molecule has 1 aliphatic heterocycles. The maximum absolute atomic E-state index is 11.7. The molecule has 3 rings (SSSR count). The van der Waals surface area contributed by atoms with Crippen molar-refractivity contribution in [2.75, 3.05) is 13.2 Å². The van der Waals surface area contributed by atoms with E-state index in [9.17, 15) is 9.90 Å². The van der Waals surface area contributed by atoms with E-state index < -0.39 is 18.3 Å². The SMILES string of the molecule is CC(=O)NC1COC(CO)[C@H](OCc2ccccc2)[C@@H]1OCc1ccccc1. The molecule has 2 unspecified atom stereocenters. The van der Waals surface area contributed by atoms with Gasteiger partial charge in [0.2, 0.25) is 5.91 Å². The molecule has 0 aromatic heterocycles. The predicted octanol–water partition coefficient (Wildman–Crippen LogP) is 2.05. The molecule has 0 bridgehead atoms. The molecule has 1 heterocycles. The fraction of sp³-hybridized carbons (Fsp3) is 0.409. The van der Waals surface area contributed by atoms with Gasteiger partial charge in [-0.25, -0.2) is 0 Å². The summed E-state index contributed by atoms with van der Waals surface area (Å²) in [7, 11) is 0. The van der Waals surface area contributed by atoms with Gasteiger partial charge in [0.1, 0.15) is 18.3 Å². The Morgan fingerprint density at radius 1 is 1.00 bits per heavy atom. The van der Waals surface area contributed by atoms with Gasteiger partial charge in [0, 0.05) is 6.92 Å². The second kappa shape index (κ2) is 10.3. The van der Waals surface area contributed by atoms with Crippen LogP contribution in [0.4, 0.5) is 0 Å². The van der Waals surface area contributed by atoms with Crippen LogP contribution >= 0.6 is 0 Å². The molecule has 0 radical (unpaired) electrons. The lowest BCUT2D eigenvalue weighted by Gasteiger charge is -2.42. The predicted molar refractivity (Wildman–Crippen MR) is 104 cm³/mol. The van der Waals surface area contributed by atoms with Crippen LogP contribution in [0, 0.1) is 0 Å². The average Bonchev–Trinajstić information content (AvgIpc) is 2.72. The monoisotopic (exact) mass is 385 g/mol. The van der Waals surface area contributed by atoms with Crippen molar-refractivity contribution >= 4 is 5.91 Å². The number of benzene rings is 2. The minimum Gasteiger partial charge on any atom is -0.394 e. The maximum atomic E-state index is 11.7. The second-order valence-corrected chi connectivity index (χ2v) is 6.88. The van der Waals surface area contributed by atoms with Crippen LogP contribution < -0.4 is 5.32 Å². The third-order valence-corrected chi connectivity index (χ3v) is 4.72. The van der Waals surface area contributed by atoms with Crippen LogP contribution in [0.5, 0.6) is 0 Å². The van der Waals surface area contributed by atoms with Crippen molar-refractivity contribution in [2.24, 2.45) is 0 Å².